The van der Waals surface area contributed by atoms with Gasteiger partial charge in [-0.2, -0.15) is 0 Å². The molecule has 0 unspecified atom stereocenters. The summed E-state index contributed by atoms with van der Waals surface area (Å²) in [5, 5.41) is 25.0. The van der Waals surface area contributed by atoms with E-state index >= 15 is 0 Å². The van der Waals surface area contributed by atoms with Gasteiger partial charge in [0.25, 0.3) is 5.91 Å². The van der Waals surface area contributed by atoms with Crippen LogP contribution < -0.4 is 5.32 Å². The topological polar surface area (TPSA) is 98.5 Å². The average molecular weight is 402 g/mol. The fourth-order valence-corrected chi connectivity index (χ4v) is 4.68. The highest BCUT2D eigenvalue weighted by atomic mass is 32.2. The number of rotatable bonds is 6. The van der Waals surface area contributed by atoms with Crippen molar-refractivity contribution in [3.05, 3.63) is 39.8 Å². The van der Waals surface area contributed by atoms with Gasteiger partial charge in [-0.3, -0.25) is 4.79 Å². The van der Waals surface area contributed by atoms with Crippen molar-refractivity contribution in [2.75, 3.05) is 5.32 Å². The van der Waals surface area contributed by atoms with Crippen LogP contribution in [0.4, 0.5) is 5.69 Å². The van der Waals surface area contributed by atoms with Gasteiger partial charge >= 0.3 is 0 Å². The Bertz CT molecular complexity index is 916. The number of anilines is 1. The molecule has 4 rings (SSSR count). The van der Waals surface area contributed by atoms with Crippen LogP contribution >= 0.6 is 23.1 Å². The summed E-state index contributed by atoms with van der Waals surface area (Å²) in [4.78, 5) is 12.3. The molecule has 1 aliphatic rings. The largest absolute Gasteiger partial charge is 0.320 e. The lowest BCUT2D eigenvalue weighted by Crippen LogP contribution is -2.11. The number of thioether (sulfide) groups is 1. The summed E-state index contributed by atoms with van der Waals surface area (Å²) in [6.45, 7) is 2.00. The summed E-state index contributed by atoms with van der Waals surface area (Å²) in [5.74, 6) is 0.339. The first-order valence-corrected chi connectivity index (χ1v) is 10.6. The molecular weight excluding hydrogens is 382 g/mol. The maximum absolute atomic E-state index is 12.3. The highest BCUT2D eigenvalue weighted by Gasteiger charge is 2.22. The Balaban J connectivity index is 1.36. The highest BCUT2D eigenvalue weighted by Crippen LogP contribution is 2.32. The molecule has 1 aromatic carbocycles. The van der Waals surface area contributed by atoms with E-state index in [0.29, 0.717) is 16.8 Å². The molecule has 0 atom stereocenters. The molecule has 140 valence electrons. The van der Waals surface area contributed by atoms with Crippen LogP contribution in [-0.2, 0) is 5.75 Å². The summed E-state index contributed by atoms with van der Waals surface area (Å²) in [6, 6.07) is 8.04. The smallest absolute Gasteiger partial charge is 0.286 e. The van der Waals surface area contributed by atoms with Crippen molar-refractivity contribution in [1.82, 2.24) is 30.4 Å². The SMILES string of the molecule is Cc1ccc(NC(=O)c2nnc(CSc3nnnn3C3CCCC3)s2)cc1. The van der Waals surface area contributed by atoms with E-state index in [1.807, 2.05) is 35.9 Å². The minimum atomic E-state index is -0.247. The van der Waals surface area contributed by atoms with Gasteiger partial charge in [0.1, 0.15) is 5.01 Å². The van der Waals surface area contributed by atoms with Crippen molar-refractivity contribution < 1.29 is 4.79 Å². The minimum absolute atomic E-state index is 0.247. The Labute approximate surface area is 164 Å². The number of nitrogens with zero attached hydrogens (tertiary/aromatic N) is 6. The third kappa shape index (κ3) is 4.33. The molecule has 1 aliphatic carbocycles. The molecule has 2 aromatic heterocycles. The van der Waals surface area contributed by atoms with Crippen molar-refractivity contribution in [2.24, 2.45) is 0 Å². The molecule has 1 fully saturated rings. The second kappa shape index (κ2) is 8.13. The van der Waals surface area contributed by atoms with Crippen molar-refractivity contribution in [2.45, 2.75) is 49.6 Å². The van der Waals surface area contributed by atoms with Gasteiger partial charge in [-0.25, -0.2) is 4.68 Å². The van der Waals surface area contributed by atoms with Crippen LogP contribution in [0.3, 0.4) is 0 Å². The first-order chi connectivity index (χ1) is 13.2. The van der Waals surface area contributed by atoms with E-state index in [1.54, 1.807) is 0 Å². The van der Waals surface area contributed by atoms with Crippen LogP contribution in [-0.4, -0.2) is 36.3 Å². The lowest BCUT2D eigenvalue weighted by molar-refractivity contribution is 0.102. The van der Waals surface area contributed by atoms with Crippen LogP contribution in [0.1, 0.15) is 52.1 Å². The van der Waals surface area contributed by atoms with Gasteiger partial charge in [0, 0.05) is 5.69 Å². The van der Waals surface area contributed by atoms with E-state index in [1.165, 1.54) is 35.9 Å². The Morgan fingerprint density at radius 1 is 1.22 bits per heavy atom. The molecule has 27 heavy (non-hydrogen) atoms. The van der Waals surface area contributed by atoms with Crippen LogP contribution in [0, 0.1) is 6.92 Å². The van der Waals surface area contributed by atoms with Gasteiger partial charge in [-0.15, -0.1) is 15.3 Å². The first-order valence-electron chi connectivity index (χ1n) is 8.80. The predicted molar refractivity (Wildman–Crippen MR) is 104 cm³/mol. The number of carbonyl (C=O) groups excluding carboxylic acids is 1. The molecule has 8 nitrogen and oxygen atoms in total. The van der Waals surface area contributed by atoms with Gasteiger partial charge in [0.05, 0.1) is 11.8 Å². The Hall–Kier alpha value is -2.33. The monoisotopic (exact) mass is 401 g/mol. The molecule has 0 spiro atoms. The number of hydrogen-bond acceptors (Lipinski definition) is 8. The summed E-state index contributed by atoms with van der Waals surface area (Å²) in [7, 11) is 0. The third-order valence-corrected chi connectivity index (χ3v) is 6.48. The summed E-state index contributed by atoms with van der Waals surface area (Å²) < 4.78 is 1.92. The first kappa shape index (κ1) is 18.1. The van der Waals surface area contributed by atoms with Gasteiger partial charge in [-0.05, 0) is 42.3 Å². The van der Waals surface area contributed by atoms with E-state index in [4.69, 9.17) is 0 Å². The number of aromatic nitrogens is 6. The molecule has 3 aromatic rings. The Morgan fingerprint density at radius 3 is 2.78 bits per heavy atom. The molecule has 0 bridgehead atoms. The van der Waals surface area contributed by atoms with Crippen LogP contribution in [0.2, 0.25) is 0 Å². The van der Waals surface area contributed by atoms with Gasteiger partial charge in [0.2, 0.25) is 10.2 Å². The lowest BCUT2D eigenvalue weighted by Gasteiger charge is -2.09. The van der Waals surface area contributed by atoms with E-state index in [-0.39, 0.29) is 5.91 Å². The zero-order valence-electron chi connectivity index (χ0n) is 14.8. The van der Waals surface area contributed by atoms with Crippen LogP contribution in [0.15, 0.2) is 29.4 Å². The number of carbonyl (C=O) groups is 1. The number of hydrogen-bond donors (Lipinski definition) is 1. The zero-order chi connectivity index (χ0) is 18.6. The normalized spacial score (nSPS) is 14.6. The highest BCUT2D eigenvalue weighted by molar-refractivity contribution is 7.98. The van der Waals surface area contributed by atoms with E-state index < -0.39 is 0 Å². The molecule has 1 saturated carbocycles. The summed E-state index contributed by atoms with van der Waals surface area (Å²) >= 11 is 2.82. The zero-order valence-corrected chi connectivity index (χ0v) is 16.5. The summed E-state index contributed by atoms with van der Waals surface area (Å²) in [6.07, 6.45) is 4.70. The quantitative estimate of drug-likeness (QED) is 0.631. The molecule has 0 saturated heterocycles. The second-order valence-electron chi connectivity index (χ2n) is 6.45. The van der Waals surface area contributed by atoms with E-state index in [2.05, 4.69) is 31.0 Å². The van der Waals surface area contributed by atoms with Crippen LogP contribution in [0.25, 0.3) is 0 Å². The fraction of sp³-hybridized carbons (Fsp3) is 0.412. The maximum atomic E-state index is 12.3. The molecule has 0 radical (unpaired) electrons. The number of aryl methyl sites for hydroxylation is 1. The Kier molecular flexibility index (Phi) is 5.44. The van der Waals surface area contributed by atoms with Gasteiger partial charge < -0.3 is 5.32 Å². The number of tetrazole rings is 1. The average Bonchev–Trinajstić information content (AvgIpc) is 3.42. The number of amides is 1. The van der Waals surface area contributed by atoms with Crippen LogP contribution in [0.5, 0.6) is 0 Å². The standard InChI is InChI=1S/C17H19N7OS2/c1-11-6-8-12(9-7-11)18-15(25)16-20-19-14(27-16)10-26-17-21-22-23-24(17)13-4-2-3-5-13/h6-9,13H,2-5,10H2,1H3,(H,18,25). The van der Waals surface area contributed by atoms with Crippen molar-refractivity contribution in [3.8, 4) is 0 Å². The molecule has 2 heterocycles. The number of nitrogens with one attached hydrogen (secondary N) is 1. The third-order valence-electron chi connectivity index (χ3n) is 4.43. The van der Waals surface area contributed by atoms with Gasteiger partial charge in [0.15, 0.2) is 0 Å². The fourth-order valence-electron chi connectivity index (χ4n) is 3.01. The molecule has 10 heteroatoms. The molecule has 0 aliphatic heterocycles. The van der Waals surface area contributed by atoms with Crippen molar-refractivity contribution in [1.29, 1.82) is 0 Å². The maximum Gasteiger partial charge on any atom is 0.286 e. The number of benzene rings is 1. The summed E-state index contributed by atoms with van der Waals surface area (Å²) in [5.41, 5.74) is 1.88. The molecule has 1 amide bonds. The minimum Gasteiger partial charge on any atom is -0.320 e. The van der Waals surface area contributed by atoms with Crippen molar-refractivity contribution >= 4 is 34.7 Å². The Morgan fingerprint density at radius 2 is 2.00 bits per heavy atom. The van der Waals surface area contributed by atoms with Crippen molar-refractivity contribution in [3.63, 3.8) is 0 Å². The van der Waals surface area contributed by atoms with E-state index in [0.717, 1.165) is 34.3 Å². The molecular formula is C17H19N7OS2. The second-order valence-corrected chi connectivity index (χ2v) is 8.46. The molecule has 1 N–H and O–H groups in total. The predicted octanol–water partition coefficient (Wildman–Crippen LogP) is 3.49. The van der Waals surface area contributed by atoms with E-state index in [9.17, 15) is 4.79 Å². The lowest BCUT2D eigenvalue weighted by atomic mass is 10.2. The van der Waals surface area contributed by atoms with Gasteiger partial charge in [-0.1, -0.05) is 53.6 Å².